The fourth-order valence-electron chi connectivity index (χ4n) is 7.24. The van der Waals surface area contributed by atoms with E-state index in [9.17, 15) is 0 Å². The lowest BCUT2D eigenvalue weighted by atomic mass is 9.79. The maximum atomic E-state index is 2.47. The second kappa shape index (κ2) is 10.3. The van der Waals surface area contributed by atoms with Crippen LogP contribution >= 0.6 is 0 Å². The Kier molecular flexibility index (Phi) is 6.82. The van der Waals surface area contributed by atoms with Crippen molar-refractivity contribution in [3.05, 3.63) is 132 Å². The van der Waals surface area contributed by atoms with Crippen LogP contribution in [-0.2, 0) is 10.8 Å². The molecule has 0 radical (unpaired) electrons. The van der Waals surface area contributed by atoms with Crippen LogP contribution < -0.4 is 4.90 Å². The van der Waals surface area contributed by atoms with Gasteiger partial charge in [-0.3, -0.25) is 0 Å². The molecule has 41 heavy (non-hydrogen) atoms. The first kappa shape index (κ1) is 27.0. The number of rotatable bonds is 6. The van der Waals surface area contributed by atoms with Crippen LogP contribution in [0.1, 0.15) is 52.7 Å². The molecule has 2 nitrogen and oxygen atoms in total. The summed E-state index contributed by atoms with van der Waals surface area (Å²) in [6.07, 6.45) is 15.4. The number of likely N-dealkylation sites (N-methyl/N-ethyl adjacent to an activating group) is 1. The smallest absolute Gasteiger partial charge is 0.210 e. The summed E-state index contributed by atoms with van der Waals surface area (Å²) in [4.78, 5) is 2.47. The van der Waals surface area contributed by atoms with Gasteiger partial charge in [0, 0.05) is 41.1 Å². The molecule has 2 heteroatoms. The minimum Gasteiger partial charge on any atom is -0.344 e. The fraction of sp³-hybridized carbons (Fsp3) is 0.256. The minimum absolute atomic E-state index is 0.0619. The molecule has 0 atom stereocenters. The molecule has 2 aliphatic rings. The highest BCUT2D eigenvalue weighted by Gasteiger charge is 2.45. The number of anilines is 1. The molecule has 2 aliphatic heterocycles. The van der Waals surface area contributed by atoms with Gasteiger partial charge in [0.25, 0.3) is 0 Å². The Morgan fingerprint density at radius 2 is 1.27 bits per heavy atom. The lowest BCUT2D eigenvalue weighted by Gasteiger charge is -2.26. The zero-order valence-corrected chi connectivity index (χ0v) is 25.3. The molecular formula is C39H41N2+. The summed E-state index contributed by atoms with van der Waals surface area (Å²) in [6, 6.07) is 26.6. The van der Waals surface area contributed by atoms with Gasteiger partial charge in [-0.2, -0.15) is 4.58 Å². The summed E-state index contributed by atoms with van der Waals surface area (Å²) in [5.74, 6) is 0. The molecule has 2 heterocycles. The second-order valence-electron chi connectivity index (χ2n) is 12.2. The number of hydrogen-bond acceptors (Lipinski definition) is 1. The van der Waals surface area contributed by atoms with Crippen LogP contribution in [0.5, 0.6) is 0 Å². The van der Waals surface area contributed by atoms with Gasteiger partial charge in [-0.15, -0.1) is 0 Å². The van der Waals surface area contributed by atoms with E-state index in [4.69, 9.17) is 0 Å². The van der Waals surface area contributed by atoms with Crippen LogP contribution in [0.3, 0.4) is 0 Å². The van der Waals surface area contributed by atoms with E-state index in [0.717, 1.165) is 13.1 Å². The molecule has 0 saturated heterocycles. The summed E-state index contributed by atoms with van der Waals surface area (Å²) in [5.41, 5.74) is 8.10. The van der Waals surface area contributed by atoms with Gasteiger partial charge in [0.15, 0.2) is 5.71 Å². The molecule has 0 aromatic heterocycles. The van der Waals surface area contributed by atoms with Gasteiger partial charge in [0.05, 0.1) is 5.41 Å². The monoisotopic (exact) mass is 537 g/mol. The van der Waals surface area contributed by atoms with Crippen LogP contribution in [0.25, 0.3) is 21.5 Å². The van der Waals surface area contributed by atoms with Gasteiger partial charge < -0.3 is 4.90 Å². The normalized spacial score (nSPS) is 18.7. The van der Waals surface area contributed by atoms with Gasteiger partial charge in [-0.25, -0.2) is 0 Å². The number of fused-ring (bicyclic) bond motifs is 6. The average molecular weight is 538 g/mol. The molecule has 0 saturated carbocycles. The van der Waals surface area contributed by atoms with E-state index in [1.165, 1.54) is 55.5 Å². The van der Waals surface area contributed by atoms with Crippen molar-refractivity contribution < 1.29 is 4.58 Å². The van der Waals surface area contributed by atoms with Crippen LogP contribution in [0.2, 0.25) is 0 Å². The van der Waals surface area contributed by atoms with Gasteiger partial charge in [-0.05, 0) is 73.0 Å². The van der Waals surface area contributed by atoms with E-state index in [-0.39, 0.29) is 10.8 Å². The first-order valence-corrected chi connectivity index (χ1v) is 15.0. The van der Waals surface area contributed by atoms with Crippen molar-refractivity contribution in [1.29, 1.82) is 0 Å². The molecule has 206 valence electrons. The molecule has 0 N–H and O–H groups in total. The van der Waals surface area contributed by atoms with Crippen molar-refractivity contribution in [2.24, 2.45) is 0 Å². The van der Waals surface area contributed by atoms with Crippen molar-refractivity contribution in [3.63, 3.8) is 0 Å². The van der Waals surface area contributed by atoms with E-state index in [1.807, 2.05) is 0 Å². The van der Waals surface area contributed by atoms with E-state index in [0.29, 0.717) is 0 Å². The number of benzene rings is 4. The van der Waals surface area contributed by atoms with E-state index in [1.54, 1.807) is 0 Å². The maximum absolute atomic E-state index is 2.47. The lowest BCUT2D eigenvalue weighted by molar-refractivity contribution is -0.433. The summed E-state index contributed by atoms with van der Waals surface area (Å²) in [5, 5.41) is 5.33. The highest BCUT2D eigenvalue weighted by Crippen LogP contribution is 2.50. The molecule has 0 spiro atoms. The van der Waals surface area contributed by atoms with Gasteiger partial charge in [0.1, 0.15) is 6.54 Å². The average Bonchev–Trinajstić information content (AvgIpc) is 3.34. The molecule has 4 aromatic rings. The summed E-state index contributed by atoms with van der Waals surface area (Å²) in [6.45, 7) is 15.8. The summed E-state index contributed by atoms with van der Waals surface area (Å²) in [7, 11) is 0. The number of allylic oxidation sites excluding steroid dienone is 8. The van der Waals surface area contributed by atoms with Crippen molar-refractivity contribution in [1.82, 2.24) is 0 Å². The van der Waals surface area contributed by atoms with Crippen molar-refractivity contribution in [2.75, 3.05) is 18.0 Å². The summed E-state index contributed by atoms with van der Waals surface area (Å²) >= 11 is 0. The first-order valence-electron chi connectivity index (χ1n) is 15.0. The minimum atomic E-state index is -0.0619. The highest BCUT2D eigenvalue weighted by molar-refractivity contribution is 6.07. The largest absolute Gasteiger partial charge is 0.344 e. The second-order valence-corrected chi connectivity index (χ2v) is 12.2. The number of hydrogen-bond donors (Lipinski definition) is 0. The van der Waals surface area contributed by atoms with Gasteiger partial charge >= 0.3 is 0 Å². The first-order chi connectivity index (χ1) is 19.8. The number of nitrogens with zero attached hydrogens (tertiary/aromatic N) is 2. The Hall–Kier alpha value is -4.17. The third-order valence-electron chi connectivity index (χ3n) is 9.09. The Morgan fingerprint density at radius 3 is 1.95 bits per heavy atom. The standard InChI is InChI=1S/C39H41N2/c1-7-40-32-26-24-28-18-14-16-20-30(28)36(32)38(3,4)34(40)22-12-10-9-11-13-23-35-39(5,6)37-31-21-17-15-19-29(31)25-27-33(37)41(35)8-2/h9-27H,7-8H2,1-6H3/q+1. The third kappa shape index (κ3) is 4.28. The Labute approximate surface area is 245 Å². The Bertz CT molecular complexity index is 1810. The van der Waals surface area contributed by atoms with Crippen LogP contribution in [0.15, 0.2) is 121 Å². The summed E-state index contributed by atoms with van der Waals surface area (Å²) < 4.78 is 2.47. The molecular weight excluding hydrogens is 496 g/mol. The van der Waals surface area contributed by atoms with Crippen molar-refractivity contribution in [2.45, 2.75) is 52.4 Å². The third-order valence-corrected chi connectivity index (χ3v) is 9.09. The quantitative estimate of drug-likeness (QED) is 0.175. The Balaban J connectivity index is 1.24. The van der Waals surface area contributed by atoms with Crippen molar-refractivity contribution in [3.8, 4) is 0 Å². The molecule has 0 amide bonds. The van der Waals surface area contributed by atoms with E-state index in [2.05, 4.69) is 166 Å². The molecule has 0 aliphatic carbocycles. The predicted molar refractivity (Wildman–Crippen MR) is 178 cm³/mol. The molecule has 4 aromatic carbocycles. The molecule has 0 bridgehead atoms. The zero-order chi connectivity index (χ0) is 28.8. The maximum Gasteiger partial charge on any atom is 0.210 e. The lowest BCUT2D eigenvalue weighted by Crippen LogP contribution is -2.27. The van der Waals surface area contributed by atoms with Crippen LogP contribution in [0.4, 0.5) is 11.4 Å². The van der Waals surface area contributed by atoms with Gasteiger partial charge in [0.2, 0.25) is 5.69 Å². The molecule has 0 unspecified atom stereocenters. The van der Waals surface area contributed by atoms with E-state index < -0.39 is 0 Å². The molecule has 0 fully saturated rings. The Morgan fingerprint density at radius 1 is 0.659 bits per heavy atom. The zero-order valence-electron chi connectivity index (χ0n) is 25.3. The van der Waals surface area contributed by atoms with Crippen LogP contribution in [-0.4, -0.2) is 23.4 Å². The van der Waals surface area contributed by atoms with E-state index >= 15 is 0 Å². The SMILES string of the molecule is CCN1C(=C/C=C/C=C/C=C/C2=[N+](CC)c3ccc4ccccc4c3C2(C)C)C(C)(C)c2c1ccc1ccccc21. The topological polar surface area (TPSA) is 6.25 Å². The van der Waals surface area contributed by atoms with Crippen molar-refractivity contribution >= 4 is 38.6 Å². The van der Waals surface area contributed by atoms with Crippen LogP contribution in [0, 0.1) is 0 Å². The molecule has 6 rings (SSSR count). The highest BCUT2D eigenvalue weighted by atomic mass is 15.2. The predicted octanol–water partition coefficient (Wildman–Crippen LogP) is 9.76. The fourth-order valence-corrected chi connectivity index (χ4v) is 7.24. The van der Waals surface area contributed by atoms with Gasteiger partial charge in [-0.1, -0.05) is 98.8 Å².